The maximum absolute atomic E-state index is 2.44. The van der Waals surface area contributed by atoms with Gasteiger partial charge in [-0.25, -0.2) is 0 Å². The minimum absolute atomic E-state index is 0.281. The average molecular weight is 804 g/mol. The molecule has 3 aliphatic carbocycles. The lowest BCUT2D eigenvalue weighted by molar-refractivity contribution is 0.636. The fourth-order valence-corrected chi connectivity index (χ4v) is 10.8. The molecule has 0 saturated heterocycles. The summed E-state index contributed by atoms with van der Waals surface area (Å²) in [5.74, 6) is 0.586. The highest BCUT2D eigenvalue weighted by Gasteiger charge is 2.36. The van der Waals surface area contributed by atoms with Gasteiger partial charge in [-0.3, -0.25) is 0 Å². The second kappa shape index (κ2) is 15.6. The van der Waals surface area contributed by atoms with E-state index in [0.29, 0.717) is 5.92 Å². The molecule has 1 heteroatoms. The minimum atomic E-state index is 0.281. The summed E-state index contributed by atoms with van der Waals surface area (Å²) in [5.41, 5.74) is 16.8. The Morgan fingerprint density at radius 1 is 0.413 bits per heavy atom. The van der Waals surface area contributed by atoms with Crippen molar-refractivity contribution >= 4 is 55.0 Å². The van der Waals surface area contributed by atoms with Crippen molar-refractivity contribution < 1.29 is 0 Å². The molecule has 9 aromatic rings. The molecule has 0 saturated carbocycles. The van der Waals surface area contributed by atoms with Gasteiger partial charge >= 0.3 is 0 Å². The van der Waals surface area contributed by atoms with Crippen LogP contribution in [0.15, 0.2) is 253 Å². The number of rotatable bonds is 7. The normalized spacial score (nSPS) is 16.8. The van der Waals surface area contributed by atoms with Gasteiger partial charge in [0.25, 0.3) is 0 Å². The average Bonchev–Trinajstić information content (AvgIpc) is 3.36. The standard InChI is InChI=1S/C62H45N/c1-3-19-43(20-4-1)59-50-25-9-13-29-54(50)61(55-30-14-10-26-51(55)59)45-34-38-47(39-35-45)63(58-33-17-23-42-18-7-8-24-49(42)58)48-40-36-46(37-41-48)62-56-31-15-11-27-52(56)60(44-21-5-2-6-22-44)53-28-12-16-32-57(53)62/h1-15,17-31,33-41,52,60H,16,32H2. The van der Waals surface area contributed by atoms with E-state index in [1.807, 2.05) is 0 Å². The van der Waals surface area contributed by atoms with E-state index in [4.69, 9.17) is 0 Å². The Bertz CT molecular complexity index is 3300. The van der Waals surface area contributed by atoms with Gasteiger partial charge in [-0.15, -0.1) is 0 Å². The van der Waals surface area contributed by atoms with E-state index in [9.17, 15) is 0 Å². The van der Waals surface area contributed by atoms with E-state index in [1.54, 1.807) is 0 Å². The number of allylic oxidation sites excluding steroid dienone is 10. The van der Waals surface area contributed by atoms with Crippen molar-refractivity contribution in [2.24, 2.45) is 5.92 Å². The first-order chi connectivity index (χ1) is 31.3. The van der Waals surface area contributed by atoms with E-state index in [0.717, 1.165) is 29.9 Å². The highest BCUT2D eigenvalue weighted by Crippen LogP contribution is 2.53. The highest BCUT2D eigenvalue weighted by molar-refractivity contribution is 6.21. The summed E-state index contributed by atoms with van der Waals surface area (Å²) in [6.07, 6.45) is 16.2. The molecular formula is C62H45N. The fraction of sp³-hybridized carbons (Fsp3) is 0.0645. The van der Waals surface area contributed by atoms with Crippen molar-refractivity contribution in [2.75, 3.05) is 4.90 Å². The van der Waals surface area contributed by atoms with Gasteiger partial charge in [-0.05, 0) is 126 Å². The number of hydrogen-bond donors (Lipinski definition) is 0. The Labute approximate surface area is 369 Å². The molecule has 3 aliphatic rings. The van der Waals surface area contributed by atoms with Crippen molar-refractivity contribution in [1.29, 1.82) is 0 Å². The summed E-state index contributed by atoms with van der Waals surface area (Å²) >= 11 is 0. The molecule has 2 unspecified atom stereocenters. The zero-order valence-corrected chi connectivity index (χ0v) is 35.0. The first-order valence-corrected chi connectivity index (χ1v) is 22.3. The molecule has 9 aromatic carbocycles. The van der Waals surface area contributed by atoms with Crippen LogP contribution in [0.3, 0.4) is 0 Å². The molecule has 0 spiro atoms. The van der Waals surface area contributed by atoms with E-state index in [2.05, 4.69) is 242 Å². The van der Waals surface area contributed by atoms with Crippen molar-refractivity contribution in [3.63, 3.8) is 0 Å². The van der Waals surface area contributed by atoms with Crippen LogP contribution in [0, 0.1) is 5.92 Å². The lowest BCUT2D eigenvalue weighted by Gasteiger charge is -2.39. The third-order valence-electron chi connectivity index (χ3n) is 13.5. The second-order valence-corrected chi connectivity index (χ2v) is 17.0. The Kier molecular flexibility index (Phi) is 9.19. The molecule has 0 N–H and O–H groups in total. The Balaban J connectivity index is 0.992. The predicted molar refractivity (Wildman–Crippen MR) is 268 cm³/mol. The van der Waals surface area contributed by atoms with Gasteiger partial charge < -0.3 is 4.90 Å². The summed E-state index contributed by atoms with van der Waals surface area (Å²) < 4.78 is 0. The third kappa shape index (κ3) is 6.31. The summed E-state index contributed by atoms with van der Waals surface area (Å²) in [7, 11) is 0. The number of hydrogen-bond acceptors (Lipinski definition) is 1. The van der Waals surface area contributed by atoms with Crippen molar-refractivity contribution in [3.8, 4) is 22.3 Å². The van der Waals surface area contributed by atoms with E-state index >= 15 is 0 Å². The monoisotopic (exact) mass is 803 g/mol. The summed E-state index contributed by atoms with van der Waals surface area (Å²) in [5, 5.41) is 7.49. The Morgan fingerprint density at radius 3 is 1.60 bits per heavy atom. The van der Waals surface area contributed by atoms with Gasteiger partial charge in [-0.1, -0.05) is 206 Å². The number of benzene rings is 9. The quantitative estimate of drug-likeness (QED) is 0.145. The molecule has 298 valence electrons. The molecule has 0 radical (unpaired) electrons. The van der Waals surface area contributed by atoms with E-state index in [-0.39, 0.29) is 5.92 Å². The number of anilines is 3. The topological polar surface area (TPSA) is 3.24 Å². The largest absolute Gasteiger partial charge is 0.310 e. The zero-order valence-electron chi connectivity index (χ0n) is 35.0. The third-order valence-corrected chi connectivity index (χ3v) is 13.5. The first kappa shape index (κ1) is 37.1. The summed E-state index contributed by atoms with van der Waals surface area (Å²) in [6.45, 7) is 0. The molecule has 0 aromatic heterocycles. The van der Waals surface area contributed by atoms with Crippen molar-refractivity contribution in [3.05, 3.63) is 264 Å². The van der Waals surface area contributed by atoms with Gasteiger partial charge in [-0.2, -0.15) is 0 Å². The smallest absolute Gasteiger partial charge is 0.0540 e. The molecule has 2 atom stereocenters. The zero-order chi connectivity index (χ0) is 41.7. The van der Waals surface area contributed by atoms with Crippen LogP contribution in [0.5, 0.6) is 0 Å². The van der Waals surface area contributed by atoms with Gasteiger partial charge in [0.05, 0.1) is 5.69 Å². The molecule has 1 nitrogen and oxygen atoms in total. The molecule has 0 heterocycles. The SMILES string of the molecule is C1=CC2=C(c3ccc(N(c4ccc(-c5c6ccccc6c(-c6ccccc6)c6ccccc56)cc4)c4cccc5ccccc45)cc3)C3=C(C=CCC3)C(c3ccccc3)C2C=C1. The van der Waals surface area contributed by atoms with Crippen LogP contribution in [0.1, 0.15) is 29.9 Å². The first-order valence-electron chi connectivity index (χ1n) is 22.3. The van der Waals surface area contributed by atoms with Gasteiger partial charge in [0.2, 0.25) is 0 Å². The van der Waals surface area contributed by atoms with Gasteiger partial charge in [0.15, 0.2) is 0 Å². The molecule has 0 fully saturated rings. The summed E-state index contributed by atoms with van der Waals surface area (Å²) in [6, 6.07) is 73.8. The van der Waals surface area contributed by atoms with Crippen LogP contribution < -0.4 is 4.90 Å². The molecule has 63 heavy (non-hydrogen) atoms. The van der Waals surface area contributed by atoms with Crippen LogP contribution in [0.2, 0.25) is 0 Å². The van der Waals surface area contributed by atoms with Crippen molar-refractivity contribution in [1.82, 2.24) is 0 Å². The molecule has 0 aliphatic heterocycles. The van der Waals surface area contributed by atoms with E-state index < -0.39 is 0 Å². The molecule has 0 bridgehead atoms. The molecular weight excluding hydrogens is 759 g/mol. The van der Waals surface area contributed by atoms with E-state index in [1.165, 1.54) is 88.0 Å². The number of nitrogens with zero attached hydrogens (tertiary/aromatic N) is 1. The minimum Gasteiger partial charge on any atom is -0.310 e. The van der Waals surface area contributed by atoms with Crippen LogP contribution in [0.4, 0.5) is 17.1 Å². The van der Waals surface area contributed by atoms with Gasteiger partial charge in [0, 0.05) is 28.6 Å². The van der Waals surface area contributed by atoms with Crippen LogP contribution in [-0.4, -0.2) is 0 Å². The van der Waals surface area contributed by atoms with Crippen LogP contribution in [0.25, 0.3) is 60.1 Å². The number of fused-ring (bicyclic) bond motifs is 4. The second-order valence-electron chi connectivity index (χ2n) is 17.0. The maximum Gasteiger partial charge on any atom is 0.0540 e. The fourth-order valence-electron chi connectivity index (χ4n) is 10.8. The predicted octanol–water partition coefficient (Wildman–Crippen LogP) is 16.9. The van der Waals surface area contributed by atoms with Gasteiger partial charge in [0.1, 0.15) is 0 Å². The van der Waals surface area contributed by atoms with Crippen LogP contribution >= 0.6 is 0 Å². The molecule has 0 amide bonds. The van der Waals surface area contributed by atoms with Crippen molar-refractivity contribution in [2.45, 2.75) is 18.8 Å². The van der Waals surface area contributed by atoms with Crippen LogP contribution in [-0.2, 0) is 0 Å². The highest BCUT2D eigenvalue weighted by atomic mass is 15.1. The Hall–Kier alpha value is -7.74. The lowest BCUT2D eigenvalue weighted by atomic mass is 9.65. The maximum atomic E-state index is 2.44. The lowest BCUT2D eigenvalue weighted by Crippen LogP contribution is -2.24. The summed E-state index contributed by atoms with van der Waals surface area (Å²) in [4.78, 5) is 2.44. The molecule has 12 rings (SSSR count). The Morgan fingerprint density at radius 2 is 0.952 bits per heavy atom.